The zero-order valence-corrected chi connectivity index (χ0v) is 10.4. The third kappa shape index (κ3) is 2.33. The molecule has 1 saturated carbocycles. The lowest BCUT2D eigenvalue weighted by molar-refractivity contribution is -0.119. The molecule has 17 heavy (non-hydrogen) atoms. The highest BCUT2D eigenvalue weighted by molar-refractivity contribution is 5.78. The summed E-state index contributed by atoms with van der Waals surface area (Å²) in [6.07, 6.45) is 5.58. The Balaban J connectivity index is 1.54. The van der Waals surface area contributed by atoms with Crippen LogP contribution in [0.1, 0.15) is 32.1 Å². The third-order valence-corrected chi connectivity index (χ3v) is 4.79. The highest BCUT2D eigenvalue weighted by Crippen LogP contribution is 2.35. The van der Waals surface area contributed by atoms with Gasteiger partial charge in [0.15, 0.2) is 0 Å². The molecule has 2 saturated heterocycles. The Kier molecular flexibility index (Phi) is 3.09. The highest BCUT2D eigenvalue weighted by Gasteiger charge is 2.39. The van der Waals surface area contributed by atoms with Crippen LogP contribution in [0.5, 0.6) is 0 Å². The van der Waals surface area contributed by atoms with Crippen LogP contribution in [0.15, 0.2) is 0 Å². The molecule has 0 aromatic rings. The summed E-state index contributed by atoms with van der Waals surface area (Å²) in [7, 11) is 0. The number of nitrogens with one attached hydrogen (secondary N) is 1. The van der Waals surface area contributed by atoms with E-state index in [4.69, 9.17) is 5.73 Å². The number of hydrogen-bond donors (Lipinski definition) is 2. The quantitative estimate of drug-likeness (QED) is 0.727. The molecule has 0 aromatic carbocycles. The van der Waals surface area contributed by atoms with Crippen molar-refractivity contribution in [2.24, 2.45) is 17.6 Å². The molecule has 2 aliphatic heterocycles. The maximum atomic E-state index is 11.2. The fraction of sp³-hybridized carbons (Fsp3) is 0.923. The number of carbonyl (C=O) groups excluding carboxylic acids is 1. The topological polar surface area (TPSA) is 58.4 Å². The van der Waals surface area contributed by atoms with Crippen LogP contribution in [-0.4, -0.2) is 42.5 Å². The van der Waals surface area contributed by atoms with Gasteiger partial charge in [-0.3, -0.25) is 4.79 Å². The van der Waals surface area contributed by atoms with Crippen molar-refractivity contribution in [3.63, 3.8) is 0 Å². The van der Waals surface area contributed by atoms with E-state index in [2.05, 4.69) is 10.2 Å². The summed E-state index contributed by atoms with van der Waals surface area (Å²) in [4.78, 5) is 13.7. The molecule has 0 bridgehead atoms. The van der Waals surface area contributed by atoms with E-state index < -0.39 is 0 Å². The Labute approximate surface area is 103 Å². The average molecular weight is 237 g/mol. The van der Waals surface area contributed by atoms with Crippen LogP contribution < -0.4 is 11.1 Å². The highest BCUT2D eigenvalue weighted by atomic mass is 16.1. The lowest BCUT2D eigenvalue weighted by atomic mass is 9.78. The van der Waals surface area contributed by atoms with E-state index in [0.717, 1.165) is 25.4 Å². The van der Waals surface area contributed by atoms with Gasteiger partial charge in [-0.2, -0.15) is 0 Å². The molecular formula is C13H23N3O. The van der Waals surface area contributed by atoms with E-state index in [9.17, 15) is 4.79 Å². The zero-order chi connectivity index (χ0) is 11.8. The predicted molar refractivity (Wildman–Crippen MR) is 66.4 cm³/mol. The van der Waals surface area contributed by atoms with Crippen LogP contribution in [0.25, 0.3) is 0 Å². The first-order valence-corrected chi connectivity index (χ1v) is 6.99. The lowest BCUT2D eigenvalue weighted by Gasteiger charge is -2.29. The number of carbonyl (C=O) groups is 1. The Morgan fingerprint density at radius 1 is 1.29 bits per heavy atom. The molecule has 4 nitrogen and oxygen atoms in total. The summed E-state index contributed by atoms with van der Waals surface area (Å²) in [5.74, 6) is 1.75. The van der Waals surface area contributed by atoms with Crippen molar-refractivity contribution in [3.05, 3.63) is 0 Å². The van der Waals surface area contributed by atoms with Crippen molar-refractivity contribution >= 4 is 5.91 Å². The molecule has 1 aliphatic carbocycles. The molecule has 0 aromatic heterocycles. The Bertz CT molecular complexity index is 307. The maximum Gasteiger partial charge on any atom is 0.220 e. The summed E-state index contributed by atoms with van der Waals surface area (Å²) in [6.45, 7) is 3.38. The van der Waals surface area contributed by atoms with E-state index in [0.29, 0.717) is 24.4 Å². The van der Waals surface area contributed by atoms with Gasteiger partial charge in [-0.15, -0.1) is 0 Å². The van der Waals surface area contributed by atoms with Gasteiger partial charge in [0, 0.05) is 38.1 Å². The molecular weight excluding hydrogens is 214 g/mol. The molecule has 4 unspecified atom stereocenters. The number of rotatable bonds is 2. The number of fused-ring (bicyclic) bond motifs is 1. The lowest BCUT2D eigenvalue weighted by Crippen LogP contribution is -2.39. The van der Waals surface area contributed by atoms with Crippen molar-refractivity contribution < 1.29 is 4.79 Å². The Morgan fingerprint density at radius 3 is 2.88 bits per heavy atom. The Morgan fingerprint density at radius 2 is 2.18 bits per heavy atom. The molecule has 0 spiro atoms. The van der Waals surface area contributed by atoms with E-state index in [1.165, 1.54) is 25.8 Å². The molecule has 96 valence electrons. The molecule has 3 N–H and O–H groups in total. The molecule has 1 amide bonds. The van der Waals surface area contributed by atoms with Crippen LogP contribution in [0.4, 0.5) is 0 Å². The van der Waals surface area contributed by atoms with E-state index in [-0.39, 0.29) is 5.91 Å². The molecule has 4 heteroatoms. The third-order valence-electron chi connectivity index (χ3n) is 4.79. The second kappa shape index (κ2) is 4.58. The van der Waals surface area contributed by atoms with Gasteiger partial charge in [0.25, 0.3) is 0 Å². The van der Waals surface area contributed by atoms with E-state index in [1.54, 1.807) is 0 Å². The van der Waals surface area contributed by atoms with Gasteiger partial charge >= 0.3 is 0 Å². The molecule has 3 fully saturated rings. The van der Waals surface area contributed by atoms with Crippen molar-refractivity contribution in [3.8, 4) is 0 Å². The first-order chi connectivity index (χ1) is 8.22. The summed E-state index contributed by atoms with van der Waals surface area (Å²) in [5, 5.41) is 3.06. The van der Waals surface area contributed by atoms with Gasteiger partial charge in [0.1, 0.15) is 0 Å². The smallest absolute Gasteiger partial charge is 0.220 e. The fourth-order valence-corrected chi connectivity index (χ4v) is 3.88. The zero-order valence-electron chi connectivity index (χ0n) is 10.4. The van der Waals surface area contributed by atoms with Crippen molar-refractivity contribution in [2.75, 3.05) is 19.6 Å². The summed E-state index contributed by atoms with van der Waals surface area (Å²) < 4.78 is 0. The normalized spacial score (nSPS) is 42.5. The number of hydrogen-bond acceptors (Lipinski definition) is 3. The summed E-state index contributed by atoms with van der Waals surface area (Å²) in [5.41, 5.74) is 6.22. The van der Waals surface area contributed by atoms with Gasteiger partial charge in [-0.05, 0) is 31.1 Å². The van der Waals surface area contributed by atoms with Crippen LogP contribution in [-0.2, 0) is 4.79 Å². The summed E-state index contributed by atoms with van der Waals surface area (Å²) in [6, 6.07) is 0.802. The first-order valence-electron chi connectivity index (χ1n) is 6.99. The van der Waals surface area contributed by atoms with Gasteiger partial charge in [0.05, 0.1) is 0 Å². The SMILES string of the molecule is NC1CCCC2CN(CC3CCC(=O)N3)CC12. The van der Waals surface area contributed by atoms with Gasteiger partial charge < -0.3 is 16.0 Å². The monoisotopic (exact) mass is 237 g/mol. The minimum atomic E-state index is 0.225. The molecule has 0 radical (unpaired) electrons. The number of amides is 1. The van der Waals surface area contributed by atoms with Crippen LogP contribution in [0, 0.1) is 11.8 Å². The minimum absolute atomic E-state index is 0.225. The standard InChI is InChI=1S/C13H23N3O/c14-12-3-1-2-9-6-16(8-11(9)12)7-10-4-5-13(17)15-10/h9-12H,1-8,14H2,(H,15,17). The molecule has 2 heterocycles. The summed E-state index contributed by atoms with van der Waals surface area (Å²) >= 11 is 0. The average Bonchev–Trinajstić information content (AvgIpc) is 2.86. The predicted octanol–water partition coefficient (Wildman–Crippen LogP) is 0.324. The largest absolute Gasteiger partial charge is 0.352 e. The maximum absolute atomic E-state index is 11.2. The second-order valence-corrected chi connectivity index (χ2v) is 6.04. The number of nitrogens with two attached hydrogens (primary N) is 1. The fourth-order valence-electron chi connectivity index (χ4n) is 3.88. The van der Waals surface area contributed by atoms with Gasteiger partial charge in [-0.1, -0.05) is 6.42 Å². The second-order valence-electron chi connectivity index (χ2n) is 6.04. The minimum Gasteiger partial charge on any atom is -0.352 e. The van der Waals surface area contributed by atoms with Crippen LogP contribution in [0.3, 0.4) is 0 Å². The molecule has 3 aliphatic rings. The van der Waals surface area contributed by atoms with Crippen molar-refractivity contribution in [2.45, 2.75) is 44.2 Å². The Hall–Kier alpha value is -0.610. The van der Waals surface area contributed by atoms with E-state index in [1.807, 2.05) is 0 Å². The van der Waals surface area contributed by atoms with Gasteiger partial charge in [-0.25, -0.2) is 0 Å². The number of nitrogens with zero attached hydrogens (tertiary/aromatic N) is 1. The van der Waals surface area contributed by atoms with Crippen molar-refractivity contribution in [1.29, 1.82) is 0 Å². The molecule has 4 atom stereocenters. The number of likely N-dealkylation sites (tertiary alicyclic amines) is 1. The van der Waals surface area contributed by atoms with Crippen LogP contribution >= 0.6 is 0 Å². The van der Waals surface area contributed by atoms with Gasteiger partial charge in [0.2, 0.25) is 5.91 Å². The van der Waals surface area contributed by atoms with Crippen LogP contribution in [0.2, 0.25) is 0 Å². The first kappa shape index (κ1) is 11.5. The molecule has 3 rings (SSSR count). The van der Waals surface area contributed by atoms with Crippen molar-refractivity contribution in [1.82, 2.24) is 10.2 Å². The van der Waals surface area contributed by atoms with E-state index >= 15 is 0 Å².